The number of nitrogens with zero attached hydrogens (tertiary/aromatic N) is 3. The van der Waals surface area contributed by atoms with Crippen molar-refractivity contribution in [2.45, 2.75) is 50.3 Å². The van der Waals surface area contributed by atoms with E-state index >= 15 is 0 Å². The van der Waals surface area contributed by atoms with E-state index in [1.807, 2.05) is 0 Å². The molecule has 160 valence electrons. The van der Waals surface area contributed by atoms with Gasteiger partial charge in [-0.1, -0.05) is 56.3 Å². The molecule has 3 nitrogen and oxygen atoms in total. The molecule has 1 aliphatic rings. The molecular formula is C27H25N3S2. The molecule has 3 heterocycles. The van der Waals surface area contributed by atoms with Crippen LogP contribution in [0.25, 0.3) is 31.2 Å². The normalized spacial score (nSPS) is 13.6. The highest BCUT2D eigenvalue weighted by molar-refractivity contribution is 7.98. The number of hydrogen-bond acceptors (Lipinski definition) is 5. The predicted molar refractivity (Wildman–Crippen MR) is 137 cm³/mol. The quantitative estimate of drug-likeness (QED) is 0.205. The smallest absolute Gasteiger partial charge is 0.126 e. The number of thioether (sulfide) groups is 1. The van der Waals surface area contributed by atoms with E-state index in [9.17, 15) is 0 Å². The first-order valence-corrected chi connectivity index (χ1v) is 13.2. The van der Waals surface area contributed by atoms with E-state index in [4.69, 9.17) is 9.97 Å². The van der Waals surface area contributed by atoms with E-state index in [1.54, 1.807) is 29.4 Å². The van der Waals surface area contributed by atoms with Crippen molar-refractivity contribution in [1.82, 2.24) is 15.0 Å². The summed E-state index contributed by atoms with van der Waals surface area (Å²) >= 11 is 3.58. The van der Waals surface area contributed by atoms with Gasteiger partial charge in [-0.05, 0) is 59.1 Å². The average Bonchev–Trinajstić information content (AvgIpc) is 3.42. The zero-order valence-corrected chi connectivity index (χ0v) is 20.0. The molecule has 0 spiro atoms. The van der Waals surface area contributed by atoms with Crippen molar-refractivity contribution in [2.24, 2.45) is 5.92 Å². The summed E-state index contributed by atoms with van der Waals surface area (Å²) in [5, 5.41) is 4.94. The zero-order valence-electron chi connectivity index (χ0n) is 18.4. The Balaban J connectivity index is 1.40. The zero-order chi connectivity index (χ0) is 21.7. The van der Waals surface area contributed by atoms with E-state index < -0.39 is 0 Å². The molecule has 5 heteroatoms. The maximum absolute atomic E-state index is 5.16. The van der Waals surface area contributed by atoms with Crippen LogP contribution in [0.3, 0.4) is 0 Å². The summed E-state index contributed by atoms with van der Waals surface area (Å²) in [5.41, 5.74) is 6.73. The van der Waals surface area contributed by atoms with Gasteiger partial charge in [-0.3, -0.25) is 0 Å². The summed E-state index contributed by atoms with van der Waals surface area (Å²) in [5.74, 6) is 1.52. The van der Waals surface area contributed by atoms with Crippen molar-refractivity contribution in [3.8, 4) is 0 Å². The van der Waals surface area contributed by atoms with Gasteiger partial charge < -0.3 is 0 Å². The number of aromatic nitrogens is 3. The molecule has 0 amide bonds. The Morgan fingerprint density at radius 3 is 2.72 bits per heavy atom. The van der Waals surface area contributed by atoms with Crippen LogP contribution in [0.1, 0.15) is 42.7 Å². The Bertz CT molecular complexity index is 1470. The van der Waals surface area contributed by atoms with Gasteiger partial charge in [0.05, 0.1) is 10.2 Å². The fourth-order valence-electron chi connectivity index (χ4n) is 4.89. The molecule has 0 N–H and O–H groups in total. The molecule has 6 rings (SSSR count). The van der Waals surface area contributed by atoms with E-state index in [1.165, 1.54) is 49.7 Å². The SMILES string of the molecule is CC(C)Cc1nc2sc3c(SCc4ccc5ccccc5c4)ncnc3c2c2c1CCC2. The third kappa shape index (κ3) is 3.48. The lowest BCUT2D eigenvalue weighted by molar-refractivity contribution is 0.632. The Labute approximate surface area is 196 Å². The monoisotopic (exact) mass is 455 g/mol. The molecule has 0 fully saturated rings. The highest BCUT2D eigenvalue weighted by Crippen LogP contribution is 2.42. The molecule has 0 aliphatic heterocycles. The van der Waals surface area contributed by atoms with Crippen LogP contribution >= 0.6 is 23.1 Å². The largest absolute Gasteiger partial charge is 0.242 e. The van der Waals surface area contributed by atoms with Crippen LogP contribution in [0.4, 0.5) is 0 Å². The minimum Gasteiger partial charge on any atom is -0.242 e. The molecule has 3 aromatic heterocycles. The van der Waals surface area contributed by atoms with Gasteiger partial charge in [0.25, 0.3) is 0 Å². The molecule has 0 saturated carbocycles. The van der Waals surface area contributed by atoms with E-state index in [0.717, 1.165) is 40.4 Å². The van der Waals surface area contributed by atoms with Gasteiger partial charge in [-0.2, -0.15) is 0 Å². The van der Waals surface area contributed by atoms with Gasteiger partial charge in [0.2, 0.25) is 0 Å². The average molecular weight is 456 g/mol. The minimum atomic E-state index is 0.617. The summed E-state index contributed by atoms with van der Waals surface area (Å²) < 4.78 is 1.19. The maximum Gasteiger partial charge on any atom is 0.126 e. The first-order chi connectivity index (χ1) is 15.7. The fourth-order valence-corrected chi connectivity index (χ4v) is 7.09. The molecule has 0 saturated heterocycles. The third-order valence-electron chi connectivity index (χ3n) is 6.32. The van der Waals surface area contributed by atoms with Crippen molar-refractivity contribution < 1.29 is 0 Å². The van der Waals surface area contributed by atoms with Crippen LogP contribution in [0, 0.1) is 5.92 Å². The lowest BCUT2D eigenvalue weighted by Crippen LogP contribution is -2.03. The molecule has 0 unspecified atom stereocenters. The molecule has 2 aromatic carbocycles. The van der Waals surface area contributed by atoms with Crippen molar-refractivity contribution >= 4 is 54.3 Å². The van der Waals surface area contributed by atoms with Crippen molar-refractivity contribution in [3.63, 3.8) is 0 Å². The first-order valence-electron chi connectivity index (χ1n) is 11.4. The third-order valence-corrected chi connectivity index (χ3v) is 8.59. The number of rotatable bonds is 5. The fraction of sp³-hybridized carbons (Fsp3) is 0.296. The van der Waals surface area contributed by atoms with Crippen molar-refractivity contribution in [3.05, 3.63) is 71.2 Å². The lowest BCUT2D eigenvalue weighted by atomic mass is 9.99. The Morgan fingerprint density at radius 2 is 1.84 bits per heavy atom. The first kappa shape index (κ1) is 20.1. The minimum absolute atomic E-state index is 0.617. The van der Waals surface area contributed by atoms with Gasteiger partial charge in [0, 0.05) is 16.8 Å². The number of thiophene rings is 1. The number of pyridine rings is 1. The van der Waals surface area contributed by atoms with Crippen LogP contribution < -0.4 is 0 Å². The standard InChI is InChI=1S/C27H25N3S2/c1-16(2)12-22-20-8-5-9-21(20)23-24-25(32-26(23)30-22)27(29-15-28-24)31-14-17-10-11-18-6-3-4-7-19(18)13-17/h3-4,6-7,10-11,13,15-16H,5,8-9,12,14H2,1-2H3. The summed E-state index contributed by atoms with van der Waals surface area (Å²) in [6.07, 6.45) is 6.33. The Kier molecular flexibility index (Phi) is 5.11. The second-order valence-corrected chi connectivity index (χ2v) is 11.0. The lowest BCUT2D eigenvalue weighted by Gasteiger charge is -2.11. The maximum atomic E-state index is 5.16. The molecule has 0 bridgehead atoms. The molecule has 0 radical (unpaired) electrons. The number of fused-ring (bicyclic) bond motifs is 6. The van der Waals surface area contributed by atoms with Crippen LogP contribution in [-0.4, -0.2) is 15.0 Å². The van der Waals surface area contributed by atoms with Gasteiger partial charge in [-0.15, -0.1) is 23.1 Å². The molecule has 5 aromatic rings. The topological polar surface area (TPSA) is 38.7 Å². The summed E-state index contributed by atoms with van der Waals surface area (Å²) in [6.45, 7) is 4.57. The van der Waals surface area contributed by atoms with Crippen molar-refractivity contribution in [1.29, 1.82) is 0 Å². The summed E-state index contributed by atoms with van der Waals surface area (Å²) in [4.78, 5) is 15.7. The Morgan fingerprint density at radius 1 is 1.00 bits per heavy atom. The van der Waals surface area contributed by atoms with Crippen molar-refractivity contribution in [2.75, 3.05) is 0 Å². The number of aryl methyl sites for hydroxylation is 1. The highest BCUT2D eigenvalue weighted by Gasteiger charge is 2.24. The molecule has 1 aliphatic carbocycles. The van der Waals surface area contributed by atoms with Crippen LogP contribution in [0.5, 0.6) is 0 Å². The predicted octanol–water partition coefficient (Wildman–Crippen LogP) is 7.37. The van der Waals surface area contributed by atoms with Gasteiger partial charge >= 0.3 is 0 Å². The van der Waals surface area contributed by atoms with Crippen LogP contribution in [-0.2, 0) is 25.0 Å². The number of hydrogen-bond donors (Lipinski definition) is 0. The second-order valence-electron chi connectivity index (χ2n) is 9.08. The van der Waals surface area contributed by atoms with Crippen LogP contribution in [0.2, 0.25) is 0 Å². The van der Waals surface area contributed by atoms with Gasteiger partial charge in [0.1, 0.15) is 16.2 Å². The number of benzene rings is 2. The Hall–Kier alpha value is -2.50. The summed E-state index contributed by atoms with van der Waals surface area (Å²) in [6, 6.07) is 15.3. The molecular weight excluding hydrogens is 430 g/mol. The summed E-state index contributed by atoms with van der Waals surface area (Å²) in [7, 11) is 0. The molecule has 32 heavy (non-hydrogen) atoms. The van der Waals surface area contributed by atoms with E-state index in [2.05, 4.69) is 61.3 Å². The van der Waals surface area contributed by atoms with E-state index in [0.29, 0.717) is 5.92 Å². The molecule has 0 atom stereocenters. The highest BCUT2D eigenvalue weighted by atomic mass is 32.2. The van der Waals surface area contributed by atoms with E-state index in [-0.39, 0.29) is 0 Å². The van der Waals surface area contributed by atoms with Crippen LogP contribution in [0.15, 0.2) is 53.8 Å². The van der Waals surface area contributed by atoms with Gasteiger partial charge in [0.15, 0.2) is 0 Å². The second kappa shape index (κ2) is 8.13. The van der Waals surface area contributed by atoms with Gasteiger partial charge in [-0.25, -0.2) is 15.0 Å².